The monoisotopic (exact) mass is 502 g/mol. The van der Waals surface area contributed by atoms with Crippen LogP contribution in [0.1, 0.15) is 81.9 Å². The van der Waals surface area contributed by atoms with Crippen molar-refractivity contribution in [1.82, 2.24) is 4.72 Å². The van der Waals surface area contributed by atoms with E-state index < -0.39 is 21.8 Å². The number of anilines is 1. The van der Waals surface area contributed by atoms with E-state index in [4.69, 9.17) is 4.74 Å². The van der Waals surface area contributed by atoms with Crippen LogP contribution in [0.4, 0.5) is 5.69 Å². The average molecular weight is 503 g/mol. The van der Waals surface area contributed by atoms with Gasteiger partial charge in [0.05, 0.1) is 19.0 Å². The number of ether oxygens (including phenoxy) is 1. The first-order valence-electron chi connectivity index (χ1n) is 12.3. The lowest BCUT2D eigenvalue weighted by molar-refractivity contribution is -0.135. The molecule has 2 N–H and O–H groups in total. The number of benzene rings is 2. The molecule has 7 nitrogen and oxygen atoms in total. The van der Waals surface area contributed by atoms with Gasteiger partial charge < -0.3 is 10.1 Å². The highest BCUT2D eigenvalue weighted by Crippen LogP contribution is 2.16. The predicted molar refractivity (Wildman–Crippen MR) is 139 cm³/mol. The van der Waals surface area contributed by atoms with Gasteiger partial charge >= 0.3 is 11.8 Å². The van der Waals surface area contributed by atoms with Gasteiger partial charge in [-0.15, -0.1) is 0 Å². The van der Waals surface area contributed by atoms with Gasteiger partial charge in [0, 0.05) is 5.69 Å². The van der Waals surface area contributed by atoms with E-state index in [0.717, 1.165) is 43.2 Å². The largest absolute Gasteiger partial charge is 0.372 e. The van der Waals surface area contributed by atoms with Gasteiger partial charge in [-0.25, -0.2) is 13.1 Å². The van der Waals surface area contributed by atoms with Gasteiger partial charge in [0.25, 0.3) is 0 Å². The molecule has 0 aliphatic rings. The quantitative estimate of drug-likeness (QED) is 0.271. The summed E-state index contributed by atoms with van der Waals surface area (Å²) in [5.41, 5.74) is 3.69. The van der Waals surface area contributed by atoms with Crippen LogP contribution >= 0.6 is 0 Å². The van der Waals surface area contributed by atoms with Crippen molar-refractivity contribution in [2.45, 2.75) is 78.4 Å². The van der Waals surface area contributed by atoms with Crippen LogP contribution in [0, 0.1) is 0 Å². The molecule has 0 fully saturated rings. The molecule has 2 amide bonds. The van der Waals surface area contributed by atoms with E-state index in [0.29, 0.717) is 31.2 Å². The standard InChI is InChI=1S/C27H38N2O5S/c1-4-5-6-7-8-9-18-35(32,33)29-27(31)26(30)28-25-16-12-23(13-17-25)20-34-19-22-10-14-24(15-11-22)21(2)3/h10-17,21H,4-9,18-20H2,1-3H3,(H,28,30)(H,29,31). The molecule has 2 rings (SSSR count). The number of amides is 2. The Morgan fingerprint density at radius 3 is 1.91 bits per heavy atom. The number of hydrogen-bond donors (Lipinski definition) is 2. The van der Waals surface area contributed by atoms with Crippen LogP contribution < -0.4 is 10.0 Å². The minimum atomic E-state index is -3.83. The Labute approximate surface area is 209 Å². The molecule has 0 heterocycles. The Morgan fingerprint density at radius 1 is 0.800 bits per heavy atom. The molecule has 2 aromatic rings. The lowest BCUT2D eigenvalue weighted by Gasteiger charge is -2.09. The van der Waals surface area contributed by atoms with E-state index in [-0.39, 0.29) is 5.75 Å². The van der Waals surface area contributed by atoms with Gasteiger partial charge in [-0.3, -0.25) is 9.59 Å². The molecular weight excluding hydrogens is 464 g/mol. The molecular formula is C27H38N2O5S. The molecule has 0 bridgehead atoms. The topological polar surface area (TPSA) is 102 Å². The van der Waals surface area contributed by atoms with Gasteiger partial charge in [-0.05, 0) is 41.2 Å². The first kappa shape index (κ1) is 28.5. The Bertz CT molecular complexity index is 1030. The van der Waals surface area contributed by atoms with Crippen molar-refractivity contribution in [3.8, 4) is 0 Å². The fourth-order valence-electron chi connectivity index (χ4n) is 3.47. The number of sulfonamides is 1. The molecule has 0 aliphatic heterocycles. The summed E-state index contributed by atoms with van der Waals surface area (Å²) in [6.45, 7) is 7.32. The highest BCUT2D eigenvalue weighted by Gasteiger charge is 2.20. The second-order valence-corrected chi connectivity index (χ2v) is 10.9. The van der Waals surface area contributed by atoms with Gasteiger partial charge in [0.1, 0.15) is 0 Å². The Hall–Kier alpha value is -2.71. The van der Waals surface area contributed by atoms with Crippen molar-refractivity contribution in [3.63, 3.8) is 0 Å². The van der Waals surface area contributed by atoms with Crippen molar-refractivity contribution in [1.29, 1.82) is 0 Å². The van der Waals surface area contributed by atoms with Crippen molar-refractivity contribution in [2.75, 3.05) is 11.1 Å². The van der Waals surface area contributed by atoms with Crippen LogP contribution in [0.2, 0.25) is 0 Å². The van der Waals surface area contributed by atoms with Gasteiger partial charge in [0.2, 0.25) is 10.0 Å². The van der Waals surface area contributed by atoms with Crippen LogP contribution in [0.15, 0.2) is 48.5 Å². The molecule has 2 aromatic carbocycles. The van der Waals surface area contributed by atoms with Gasteiger partial charge in [-0.1, -0.05) is 89.3 Å². The van der Waals surface area contributed by atoms with Crippen LogP contribution in [0.25, 0.3) is 0 Å². The summed E-state index contributed by atoms with van der Waals surface area (Å²) < 4.78 is 31.7. The minimum Gasteiger partial charge on any atom is -0.372 e. The van der Waals surface area contributed by atoms with Crippen molar-refractivity contribution in [2.24, 2.45) is 0 Å². The average Bonchev–Trinajstić information content (AvgIpc) is 2.82. The molecule has 0 aromatic heterocycles. The third-order valence-electron chi connectivity index (χ3n) is 5.62. The van der Waals surface area contributed by atoms with Crippen LogP contribution in [0.5, 0.6) is 0 Å². The highest BCUT2D eigenvalue weighted by atomic mass is 32.2. The van der Waals surface area contributed by atoms with E-state index in [1.54, 1.807) is 24.3 Å². The van der Waals surface area contributed by atoms with Crippen LogP contribution in [-0.4, -0.2) is 26.0 Å². The SMILES string of the molecule is CCCCCCCCS(=O)(=O)NC(=O)C(=O)Nc1ccc(COCc2ccc(C(C)C)cc2)cc1. The molecule has 8 heteroatoms. The van der Waals surface area contributed by atoms with E-state index in [2.05, 4.69) is 50.4 Å². The molecule has 0 radical (unpaired) electrons. The van der Waals surface area contributed by atoms with E-state index in [9.17, 15) is 18.0 Å². The maximum atomic E-state index is 12.1. The van der Waals surface area contributed by atoms with Gasteiger partial charge in [0.15, 0.2) is 0 Å². The normalized spacial score (nSPS) is 11.4. The number of nitrogens with one attached hydrogen (secondary N) is 2. The fourth-order valence-corrected chi connectivity index (χ4v) is 4.53. The second kappa shape index (κ2) is 14.6. The Morgan fingerprint density at radius 2 is 1.34 bits per heavy atom. The number of carbonyl (C=O) groups is 2. The molecule has 0 saturated carbocycles. The summed E-state index contributed by atoms with van der Waals surface area (Å²) in [7, 11) is -3.83. The molecule has 192 valence electrons. The second-order valence-electron chi connectivity index (χ2n) is 9.06. The summed E-state index contributed by atoms with van der Waals surface area (Å²) in [5, 5.41) is 2.42. The first-order valence-corrected chi connectivity index (χ1v) is 14.0. The zero-order valence-electron chi connectivity index (χ0n) is 21.0. The number of rotatable bonds is 14. The van der Waals surface area contributed by atoms with Crippen molar-refractivity contribution >= 4 is 27.5 Å². The smallest absolute Gasteiger partial charge is 0.323 e. The molecule has 0 aliphatic carbocycles. The van der Waals surface area contributed by atoms with Crippen molar-refractivity contribution < 1.29 is 22.7 Å². The maximum absolute atomic E-state index is 12.1. The summed E-state index contributed by atoms with van der Waals surface area (Å²) in [6.07, 6.45) is 5.52. The van der Waals surface area contributed by atoms with E-state index in [1.165, 1.54) is 5.56 Å². The maximum Gasteiger partial charge on any atom is 0.323 e. The molecule has 0 atom stereocenters. The van der Waals surface area contributed by atoms with Gasteiger partial charge in [-0.2, -0.15) is 0 Å². The predicted octanol–water partition coefficient (Wildman–Crippen LogP) is 5.27. The zero-order chi connectivity index (χ0) is 25.7. The molecule has 0 saturated heterocycles. The van der Waals surface area contributed by atoms with Crippen molar-refractivity contribution in [3.05, 3.63) is 65.2 Å². The molecule has 0 spiro atoms. The summed E-state index contributed by atoms with van der Waals surface area (Å²) in [5.74, 6) is -1.89. The summed E-state index contributed by atoms with van der Waals surface area (Å²) in [6, 6.07) is 15.2. The lowest BCUT2D eigenvalue weighted by atomic mass is 10.0. The fraction of sp³-hybridized carbons (Fsp3) is 0.481. The van der Waals surface area contributed by atoms with Crippen LogP contribution in [0.3, 0.4) is 0 Å². The molecule has 0 unspecified atom stereocenters. The van der Waals surface area contributed by atoms with E-state index >= 15 is 0 Å². The Kier molecular flexibility index (Phi) is 11.9. The minimum absolute atomic E-state index is 0.172. The molecule has 35 heavy (non-hydrogen) atoms. The summed E-state index contributed by atoms with van der Waals surface area (Å²) >= 11 is 0. The summed E-state index contributed by atoms with van der Waals surface area (Å²) in [4.78, 5) is 24.1. The zero-order valence-corrected chi connectivity index (χ0v) is 21.8. The highest BCUT2D eigenvalue weighted by molar-refractivity contribution is 7.90. The first-order chi connectivity index (χ1) is 16.7. The Balaban J connectivity index is 1.73. The number of carbonyl (C=O) groups excluding carboxylic acids is 2. The third kappa shape index (κ3) is 11.0. The number of hydrogen-bond acceptors (Lipinski definition) is 5. The lowest BCUT2D eigenvalue weighted by Crippen LogP contribution is -2.40. The van der Waals surface area contributed by atoms with Crippen LogP contribution in [-0.2, 0) is 37.6 Å². The third-order valence-corrected chi connectivity index (χ3v) is 6.94. The van der Waals surface area contributed by atoms with E-state index in [1.807, 2.05) is 4.72 Å². The number of unbranched alkanes of at least 4 members (excludes halogenated alkanes) is 5.